The fourth-order valence-corrected chi connectivity index (χ4v) is 4.08. The number of carboxylic acid groups (broad SMARTS) is 1. The average Bonchev–Trinajstić information content (AvgIpc) is 3.23. The van der Waals surface area contributed by atoms with E-state index in [9.17, 15) is 27.5 Å². The van der Waals surface area contributed by atoms with Crippen LogP contribution in [0.5, 0.6) is 0 Å². The van der Waals surface area contributed by atoms with Crippen molar-refractivity contribution in [2.24, 2.45) is 5.73 Å². The first-order valence-electron chi connectivity index (χ1n) is 8.96. The van der Waals surface area contributed by atoms with Gasteiger partial charge in [0.25, 0.3) is 10.0 Å². The van der Waals surface area contributed by atoms with Crippen LogP contribution in [-0.2, 0) is 10.0 Å². The first-order chi connectivity index (χ1) is 15.2. The van der Waals surface area contributed by atoms with Gasteiger partial charge in [0, 0.05) is 11.1 Å². The Bertz CT molecular complexity index is 1480. The van der Waals surface area contributed by atoms with Crippen LogP contribution in [0.2, 0.25) is 0 Å². The van der Waals surface area contributed by atoms with Crippen molar-refractivity contribution in [3.8, 4) is 11.3 Å². The van der Waals surface area contributed by atoms with Crippen molar-refractivity contribution in [2.75, 3.05) is 4.72 Å². The molecule has 10 nitrogen and oxygen atoms in total. The summed E-state index contributed by atoms with van der Waals surface area (Å²) in [4.78, 5) is 26.8. The van der Waals surface area contributed by atoms with Gasteiger partial charge in [0.1, 0.15) is 5.82 Å². The minimum absolute atomic E-state index is 0.00741. The predicted octanol–water partition coefficient (Wildman–Crippen LogP) is 2.36. The van der Waals surface area contributed by atoms with Gasteiger partial charge in [-0.3, -0.25) is 14.6 Å². The van der Waals surface area contributed by atoms with Crippen LogP contribution in [0, 0.1) is 5.82 Å². The molecule has 0 unspecified atom stereocenters. The molecule has 0 aliphatic rings. The topological polar surface area (TPSA) is 168 Å². The monoisotopic (exact) mass is 455 g/mol. The molecule has 0 radical (unpaired) electrons. The second-order valence-electron chi connectivity index (χ2n) is 6.68. The van der Waals surface area contributed by atoms with Gasteiger partial charge in [-0.1, -0.05) is 12.1 Å². The number of primary amides is 1. The van der Waals surface area contributed by atoms with Crippen molar-refractivity contribution in [3.05, 3.63) is 71.7 Å². The molecule has 32 heavy (non-hydrogen) atoms. The highest BCUT2D eigenvalue weighted by Gasteiger charge is 2.19. The van der Waals surface area contributed by atoms with Crippen LogP contribution in [-0.4, -0.2) is 40.6 Å². The second-order valence-corrected chi connectivity index (χ2v) is 8.36. The van der Waals surface area contributed by atoms with Crippen LogP contribution in [0.15, 0.2) is 59.6 Å². The Morgan fingerprint density at radius 3 is 2.44 bits per heavy atom. The summed E-state index contributed by atoms with van der Waals surface area (Å²) in [6, 6.07) is 9.91. The number of carbonyl (C=O) groups is 2. The third-order valence-corrected chi connectivity index (χ3v) is 5.99. The number of amides is 1. The number of aromatic carboxylic acids is 1. The molecular formula is C20H14FN5O5S. The molecule has 0 spiro atoms. The molecule has 0 saturated heterocycles. The van der Waals surface area contributed by atoms with Crippen LogP contribution < -0.4 is 10.5 Å². The SMILES string of the molecule is NC(=O)c1ccc(NS(=O)(=O)c2ccc(-c3cc(C(=O)O)c4cn[nH]c4n3)cc2)c(F)c1. The van der Waals surface area contributed by atoms with Crippen molar-refractivity contribution in [1.82, 2.24) is 15.2 Å². The van der Waals surface area contributed by atoms with Crippen molar-refractivity contribution >= 4 is 38.6 Å². The zero-order valence-electron chi connectivity index (χ0n) is 16.0. The van der Waals surface area contributed by atoms with E-state index in [1.807, 2.05) is 0 Å². The number of carboxylic acids is 1. The van der Waals surface area contributed by atoms with Crippen molar-refractivity contribution in [1.29, 1.82) is 0 Å². The van der Waals surface area contributed by atoms with E-state index < -0.39 is 27.7 Å². The van der Waals surface area contributed by atoms with E-state index in [0.29, 0.717) is 16.6 Å². The highest BCUT2D eigenvalue weighted by atomic mass is 32.2. The number of aromatic nitrogens is 3. The van der Waals surface area contributed by atoms with E-state index in [1.165, 1.54) is 42.6 Å². The number of nitrogens with one attached hydrogen (secondary N) is 2. The first kappa shape index (κ1) is 20.9. The van der Waals surface area contributed by atoms with Crippen molar-refractivity contribution < 1.29 is 27.5 Å². The van der Waals surface area contributed by atoms with Crippen molar-refractivity contribution in [3.63, 3.8) is 0 Å². The summed E-state index contributed by atoms with van der Waals surface area (Å²) in [5.41, 5.74) is 5.64. The molecule has 2 aromatic carbocycles. The number of rotatable bonds is 6. The van der Waals surface area contributed by atoms with Gasteiger partial charge in [0.2, 0.25) is 5.91 Å². The highest BCUT2D eigenvalue weighted by molar-refractivity contribution is 7.92. The molecular weight excluding hydrogens is 441 g/mol. The summed E-state index contributed by atoms with van der Waals surface area (Å²) in [5, 5.41) is 16.2. The number of nitrogens with zero attached hydrogens (tertiary/aromatic N) is 2. The lowest BCUT2D eigenvalue weighted by molar-refractivity contribution is 0.0698. The minimum atomic E-state index is -4.15. The normalized spacial score (nSPS) is 11.4. The lowest BCUT2D eigenvalue weighted by atomic mass is 10.1. The van der Waals surface area contributed by atoms with Crippen LogP contribution in [0.25, 0.3) is 22.3 Å². The van der Waals surface area contributed by atoms with Gasteiger partial charge >= 0.3 is 5.97 Å². The molecule has 0 saturated carbocycles. The number of pyridine rings is 1. The van der Waals surface area contributed by atoms with Crippen LogP contribution in [0.4, 0.5) is 10.1 Å². The Morgan fingerprint density at radius 1 is 1.09 bits per heavy atom. The van der Waals surface area contributed by atoms with E-state index >= 15 is 0 Å². The molecule has 0 aliphatic heterocycles. The standard InChI is InChI=1S/C20H14FN5O5S/c21-15-7-11(18(22)27)3-6-16(15)26-32(30,31)12-4-1-10(2-5-12)17-8-13(20(28)29)14-9-23-25-19(14)24-17/h1-9,26H,(H2,22,27)(H,28,29)(H,23,24,25). The van der Waals surface area contributed by atoms with Gasteiger partial charge in [-0.05, 0) is 36.4 Å². The Labute approximate surface area is 180 Å². The maximum Gasteiger partial charge on any atom is 0.336 e. The number of halogens is 1. The Morgan fingerprint density at radius 2 is 1.81 bits per heavy atom. The fourth-order valence-electron chi connectivity index (χ4n) is 3.01. The van der Waals surface area contributed by atoms with Gasteiger partial charge in [0.15, 0.2) is 5.65 Å². The molecule has 5 N–H and O–H groups in total. The maximum absolute atomic E-state index is 14.1. The van der Waals surface area contributed by atoms with Gasteiger partial charge in [-0.15, -0.1) is 0 Å². The molecule has 162 valence electrons. The summed E-state index contributed by atoms with van der Waals surface area (Å²) < 4.78 is 41.5. The molecule has 0 aliphatic carbocycles. The van der Waals surface area contributed by atoms with Crippen LogP contribution in [0.1, 0.15) is 20.7 Å². The summed E-state index contributed by atoms with van der Waals surface area (Å²) >= 11 is 0. The van der Waals surface area contributed by atoms with E-state index in [0.717, 1.165) is 12.1 Å². The zero-order chi connectivity index (χ0) is 23.0. The molecule has 0 fully saturated rings. The molecule has 1 amide bonds. The largest absolute Gasteiger partial charge is 0.478 e. The molecule has 12 heteroatoms. The predicted molar refractivity (Wildman–Crippen MR) is 112 cm³/mol. The van der Waals surface area contributed by atoms with Crippen LogP contribution in [0.3, 0.4) is 0 Å². The van der Waals surface area contributed by atoms with Gasteiger partial charge < -0.3 is 10.8 Å². The lowest BCUT2D eigenvalue weighted by Crippen LogP contribution is -2.15. The van der Waals surface area contributed by atoms with Gasteiger partial charge in [-0.2, -0.15) is 5.10 Å². The molecule has 0 atom stereocenters. The highest BCUT2D eigenvalue weighted by Crippen LogP contribution is 2.26. The van der Waals surface area contributed by atoms with E-state index in [-0.39, 0.29) is 27.4 Å². The Hall–Kier alpha value is -4.32. The third kappa shape index (κ3) is 3.86. The number of nitrogens with two attached hydrogens (primary N) is 1. The number of benzene rings is 2. The average molecular weight is 455 g/mol. The van der Waals surface area contributed by atoms with E-state index in [4.69, 9.17) is 5.73 Å². The first-order valence-corrected chi connectivity index (χ1v) is 10.4. The van der Waals surface area contributed by atoms with Gasteiger partial charge in [0.05, 0.1) is 33.4 Å². The molecule has 4 rings (SSSR count). The van der Waals surface area contributed by atoms with Crippen molar-refractivity contribution in [2.45, 2.75) is 4.90 Å². The summed E-state index contributed by atoms with van der Waals surface area (Å²) in [7, 11) is -4.15. The lowest BCUT2D eigenvalue weighted by Gasteiger charge is -2.10. The Balaban J connectivity index is 1.64. The number of hydrogen-bond acceptors (Lipinski definition) is 6. The number of H-pyrrole nitrogens is 1. The number of sulfonamides is 1. The molecule has 2 heterocycles. The maximum atomic E-state index is 14.1. The molecule has 0 bridgehead atoms. The zero-order valence-corrected chi connectivity index (χ0v) is 16.9. The molecule has 4 aromatic rings. The molecule has 2 aromatic heterocycles. The number of anilines is 1. The van der Waals surface area contributed by atoms with E-state index in [1.54, 1.807) is 0 Å². The second kappa shape index (κ2) is 7.74. The smallest absolute Gasteiger partial charge is 0.336 e. The van der Waals surface area contributed by atoms with Crippen LogP contribution >= 0.6 is 0 Å². The summed E-state index contributed by atoms with van der Waals surface area (Å²) in [6.07, 6.45) is 1.35. The fraction of sp³-hybridized carbons (Fsp3) is 0. The van der Waals surface area contributed by atoms with Gasteiger partial charge in [-0.25, -0.2) is 22.6 Å². The van der Waals surface area contributed by atoms with E-state index in [2.05, 4.69) is 19.9 Å². The Kier molecular flexibility index (Phi) is 5.06. The number of hydrogen-bond donors (Lipinski definition) is 4. The number of carbonyl (C=O) groups excluding carboxylic acids is 1. The summed E-state index contributed by atoms with van der Waals surface area (Å²) in [5.74, 6) is -2.96. The number of fused-ring (bicyclic) bond motifs is 1. The number of aromatic amines is 1. The minimum Gasteiger partial charge on any atom is -0.478 e. The third-order valence-electron chi connectivity index (χ3n) is 4.61. The quantitative estimate of drug-likeness (QED) is 0.346. The summed E-state index contributed by atoms with van der Waals surface area (Å²) in [6.45, 7) is 0.